The average molecular weight is 656 g/mol. The maximum Gasteiger partial charge on any atom is 0.407 e. The van der Waals surface area contributed by atoms with E-state index in [4.69, 9.17) is 40.0 Å². The summed E-state index contributed by atoms with van der Waals surface area (Å²) in [5.74, 6) is 1.93. The van der Waals surface area contributed by atoms with Gasteiger partial charge in [0.25, 0.3) is 5.24 Å². The third kappa shape index (κ3) is 10.3. The highest BCUT2D eigenvalue weighted by atomic mass is 35.5. The molecule has 1 aliphatic heterocycles. The van der Waals surface area contributed by atoms with Crippen molar-refractivity contribution >= 4 is 22.9 Å². The molecule has 3 aromatic rings. The summed E-state index contributed by atoms with van der Waals surface area (Å²) in [5.41, 5.74) is 3.11. The summed E-state index contributed by atoms with van der Waals surface area (Å²) in [7, 11) is 3.26. The molecule has 1 saturated heterocycles. The van der Waals surface area contributed by atoms with E-state index in [0.717, 1.165) is 34.6 Å². The molecule has 1 aliphatic rings. The number of benzene rings is 3. The van der Waals surface area contributed by atoms with Crippen LogP contribution in [0.25, 0.3) is 0 Å². The monoisotopic (exact) mass is 655 g/mol. The zero-order valence-corrected chi connectivity index (χ0v) is 27.1. The second kappa shape index (κ2) is 18.3. The molecule has 10 nitrogen and oxygen atoms in total. The number of hydrogen-bond acceptors (Lipinski definition) is 8. The molecule has 0 bridgehead atoms. The number of methoxy groups -OCH3 is 2. The molecule has 4 rings (SSSR count). The number of halogens is 1. The van der Waals surface area contributed by atoms with Crippen molar-refractivity contribution < 1.29 is 43.1 Å². The van der Waals surface area contributed by atoms with E-state index in [9.17, 15) is 14.7 Å². The fourth-order valence-corrected chi connectivity index (χ4v) is 5.49. The maximum atomic E-state index is 11.9. The third-order valence-corrected chi connectivity index (χ3v) is 7.97. The van der Waals surface area contributed by atoms with Crippen molar-refractivity contribution in [1.82, 2.24) is 4.90 Å². The molecule has 2 atom stereocenters. The van der Waals surface area contributed by atoms with Gasteiger partial charge in [0, 0.05) is 44.6 Å². The van der Waals surface area contributed by atoms with Crippen LogP contribution in [-0.2, 0) is 27.4 Å². The number of hydrogen-bond donors (Lipinski definition) is 1. The van der Waals surface area contributed by atoms with Crippen LogP contribution < -0.4 is 14.2 Å². The van der Waals surface area contributed by atoms with Gasteiger partial charge >= 0.3 is 6.09 Å². The second-order valence-electron chi connectivity index (χ2n) is 10.9. The number of nitrogens with zero attached hydrogens (tertiary/aromatic N) is 1. The Kier molecular flexibility index (Phi) is 14.0. The number of carboxylic acid groups (broad SMARTS) is 1. The van der Waals surface area contributed by atoms with Gasteiger partial charge in [0.15, 0.2) is 0 Å². The van der Waals surface area contributed by atoms with Crippen LogP contribution >= 0.6 is 11.6 Å². The standard InChI is InChI=1S/C35H42ClNO9/c1-41-17-5-20-45-32-21-25(9-14-30(32)34(36)38)23-46-33-22-37(35(39)40)16-15-29(33)26-10-12-28(13-11-26)44-19-6-18-43-24-27-7-3-4-8-31(27)42-2/h3-4,7-14,21,29,33H,5-6,15-20,22-24H2,1-2H3,(H,39,40). The fourth-order valence-electron chi connectivity index (χ4n) is 5.33. The predicted molar refractivity (Wildman–Crippen MR) is 173 cm³/mol. The molecule has 1 heterocycles. The Labute approximate surface area is 275 Å². The fraction of sp³-hybridized carbons (Fsp3) is 0.429. The van der Waals surface area contributed by atoms with Crippen LogP contribution in [0.3, 0.4) is 0 Å². The number of amides is 1. The number of para-hydroxylation sites is 1. The van der Waals surface area contributed by atoms with Gasteiger partial charge in [0.2, 0.25) is 0 Å². The van der Waals surface area contributed by atoms with Crippen LogP contribution in [0, 0.1) is 0 Å². The molecule has 0 saturated carbocycles. The molecule has 1 amide bonds. The Morgan fingerprint density at radius 2 is 1.65 bits per heavy atom. The van der Waals surface area contributed by atoms with E-state index in [2.05, 4.69) is 0 Å². The van der Waals surface area contributed by atoms with Crippen LogP contribution in [-0.4, -0.2) is 81.2 Å². The van der Waals surface area contributed by atoms with Crippen molar-refractivity contribution in [2.24, 2.45) is 0 Å². The maximum absolute atomic E-state index is 11.9. The highest BCUT2D eigenvalue weighted by Crippen LogP contribution is 2.33. The first-order valence-corrected chi connectivity index (χ1v) is 15.7. The normalized spacial score (nSPS) is 16.2. The van der Waals surface area contributed by atoms with E-state index in [-0.39, 0.29) is 30.7 Å². The molecule has 2 unspecified atom stereocenters. The molecule has 0 aromatic heterocycles. The third-order valence-electron chi connectivity index (χ3n) is 7.76. The number of piperidine rings is 1. The molecule has 248 valence electrons. The lowest BCUT2D eigenvalue weighted by Crippen LogP contribution is -2.46. The van der Waals surface area contributed by atoms with Crippen LogP contribution in [0.4, 0.5) is 4.79 Å². The van der Waals surface area contributed by atoms with Crippen LogP contribution in [0.2, 0.25) is 0 Å². The van der Waals surface area contributed by atoms with Crippen molar-refractivity contribution in [3.8, 4) is 17.2 Å². The van der Waals surface area contributed by atoms with Gasteiger partial charge < -0.3 is 38.4 Å². The Bertz CT molecular complexity index is 1400. The number of carbonyl (C=O) groups excluding carboxylic acids is 1. The quantitative estimate of drug-likeness (QED) is 0.121. The van der Waals surface area contributed by atoms with Crippen LogP contribution in [0.5, 0.6) is 17.2 Å². The SMILES string of the molecule is COCCCOc1cc(COC2CN(C(=O)O)CCC2c2ccc(OCCCOCc3ccccc3OC)cc2)ccc1C(=O)Cl. The largest absolute Gasteiger partial charge is 0.496 e. The first-order valence-electron chi connectivity index (χ1n) is 15.4. The van der Waals surface area contributed by atoms with Gasteiger partial charge in [-0.25, -0.2) is 4.79 Å². The molecule has 1 fully saturated rings. The minimum atomic E-state index is -0.973. The van der Waals surface area contributed by atoms with Gasteiger partial charge in [-0.3, -0.25) is 4.79 Å². The van der Waals surface area contributed by atoms with Crippen LogP contribution in [0.15, 0.2) is 66.7 Å². The predicted octanol–water partition coefficient (Wildman–Crippen LogP) is 6.53. The molecule has 3 aromatic carbocycles. The number of likely N-dealkylation sites (tertiary alicyclic amines) is 1. The van der Waals surface area contributed by atoms with E-state index in [1.165, 1.54) is 4.90 Å². The van der Waals surface area contributed by atoms with Gasteiger partial charge in [-0.2, -0.15) is 0 Å². The Morgan fingerprint density at radius 3 is 2.39 bits per heavy atom. The van der Waals surface area contributed by atoms with E-state index in [1.54, 1.807) is 32.4 Å². The van der Waals surface area contributed by atoms with Gasteiger partial charge in [-0.05, 0) is 59.5 Å². The van der Waals surface area contributed by atoms with E-state index >= 15 is 0 Å². The minimum Gasteiger partial charge on any atom is -0.496 e. The summed E-state index contributed by atoms with van der Waals surface area (Å²) in [4.78, 5) is 25.1. The smallest absolute Gasteiger partial charge is 0.407 e. The van der Waals surface area contributed by atoms with Gasteiger partial charge in [-0.15, -0.1) is 0 Å². The lowest BCUT2D eigenvalue weighted by Gasteiger charge is -2.37. The van der Waals surface area contributed by atoms with E-state index in [1.807, 2.05) is 48.5 Å². The summed E-state index contributed by atoms with van der Waals surface area (Å²) in [5, 5.41) is 9.05. The summed E-state index contributed by atoms with van der Waals surface area (Å²) < 4.78 is 34.3. The van der Waals surface area contributed by atoms with Crippen molar-refractivity contribution in [3.05, 3.63) is 89.0 Å². The summed E-state index contributed by atoms with van der Waals surface area (Å²) in [6, 6.07) is 20.8. The Morgan fingerprint density at radius 1 is 0.891 bits per heavy atom. The Hall–Kier alpha value is -3.83. The second-order valence-corrected chi connectivity index (χ2v) is 11.3. The number of carbonyl (C=O) groups is 2. The molecule has 0 aliphatic carbocycles. The highest BCUT2D eigenvalue weighted by molar-refractivity contribution is 6.68. The average Bonchev–Trinajstić information content (AvgIpc) is 3.07. The Balaban J connectivity index is 1.32. The molecule has 46 heavy (non-hydrogen) atoms. The zero-order valence-electron chi connectivity index (χ0n) is 26.3. The van der Waals surface area contributed by atoms with Crippen molar-refractivity contribution in [3.63, 3.8) is 0 Å². The molecular formula is C35H42ClNO9. The topological polar surface area (TPSA) is 113 Å². The molecule has 0 radical (unpaired) electrons. The van der Waals surface area contributed by atoms with Crippen molar-refractivity contribution in [2.75, 3.05) is 53.7 Å². The minimum absolute atomic E-state index is 0.0125. The highest BCUT2D eigenvalue weighted by Gasteiger charge is 2.33. The first-order chi connectivity index (χ1) is 22.4. The molecule has 11 heteroatoms. The van der Waals surface area contributed by atoms with Crippen molar-refractivity contribution in [2.45, 2.75) is 44.5 Å². The lowest BCUT2D eigenvalue weighted by atomic mass is 9.87. The summed E-state index contributed by atoms with van der Waals surface area (Å²) in [6.45, 7) is 3.31. The van der Waals surface area contributed by atoms with Gasteiger partial charge in [-0.1, -0.05) is 36.4 Å². The van der Waals surface area contributed by atoms with Gasteiger partial charge in [0.05, 0.1) is 58.4 Å². The zero-order chi connectivity index (χ0) is 32.7. The molecule has 1 N–H and O–H groups in total. The summed E-state index contributed by atoms with van der Waals surface area (Å²) in [6.07, 6.45) is 0.663. The first kappa shape index (κ1) is 35.0. The van der Waals surface area contributed by atoms with E-state index < -0.39 is 11.3 Å². The summed E-state index contributed by atoms with van der Waals surface area (Å²) >= 11 is 5.77. The number of rotatable bonds is 18. The van der Waals surface area contributed by atoms with E-state index in [0.29, 0.717) is 58.2 Å². The molecule has 0 spiro atoms. The molecular weight excluding hydrogens is 614 g/mol. The number of ether oxygens (including phenoxy) is 6. The van der Waals surface area contributed by atoms with Crippen molar-refractivity contribution in [1.29, 1.82) is 0 Å². The van der Waals surface area contributed by atoms with Gasteiger partial charge in [0.1, 0.15) is 17.2 Å². The van der Waals surface area contributed by atoms with Crippen LogP contribution in [0.1, 0.15) is 52.2 Å². The lowest BCUT2D eigenvalue weighted by molar-refractivity contribution is -0.0200.